The Labute approximate surface area is 71.7 Å². The highest BCUT2D eigenvalue weighted by molar-refractivity contribution is 5.89. The van der Waals surface area contributed by atoms with Gasteiger partial charge in [0.05, 0.1) is 6.61 Å². The second-order valence-corrected chi connectivity index (χ2v) is 2.29. The van der Waals surface area contributed by atoms with Crippen LogP contribution in [-0.2, 0) is 11.3 Å². The van der Waals surface area contributed by atoms with Crippen molar-refractivity contribution in [3.63, 3.8) is 0 Å². The van der Waals surface area contributed by atoms with Gasteiger partial charge in [0, 0.05) is 12.7 Å². The first-order valence-corrected chi connectivity index (χ1v) is 4.03. The number of hydrogen-bond donors (Lipinski definition) is 1. The third-order valence-corrected chi connectivity index (χ3v) is 1.54. The molecule has 0 saturated carbocycles. The summed E-state index contributed by atoms with van der Waals surface area (Å²) in [6.07, 6.45) is 1.67. The summed E-state index contributed by atoms with van der Waals surface area (Å²) in [5.74, 6) is 0.192. The molecule has 1 N–H and O–H groups in total. The molecule has 1 aromatic rings. The predicted molar refractivity (Wildman–Crippen MR) is 46.4 cm³/mol. The highest BCUT2D eigenvalue weighted by Gasteiger charge is 2.06. The minimum absolute atomic E-state index is 0.192. The zero-order chi connectivity index (χ0) is 8.97. The summed E-state index contributed by atoms with van der Waals surface area (Å²) >= 11 is 0. The third-order valence-electron chi connectivity index (χ3n) is 1.54. The maximum Gasteiger partial charge on any atom is 0.232 e. The molecule has 0 saturated heterocycles. The lowest BCUT2D eigenvalue weighted by atomic mass is 10.4. The third kappa shape index (κ3) is 1.64. The van der Waals surface area contributed by atoms with Crippen LogP contribution in [0.1, 0.15) is 19.5 Å². The second-order valence-electron chi connectivity index (χ2n) is 2.29. The first-order chi connectivity index (χ1) is 5.79. The molecular formula is C8H13N3O. The molecule has 12 heavy (non-hydrogen) atoms. The standard InChI is InChI=1S/C8H13N3O/c1-3-11-7(5-6-10-11)8(9)12-4-2/h5-6,9H,3-4H2,1-2H3. The topological polar surface area (TPSA) is 50.9 Å². The number of rotatable bonds is 3. The van der Waals surface area contributed by atoms with E-state index < -0.39 is 0 Å². The molecule has 0 unspecified atom stereocenters. The van der Waals surface area contributed by atoms with Crippen molar-refractivity contribution in [2.45, 2.75) is 20.4 Å². The zero-order valence-corrected chi connectivity index (χ0v) is 7.37. The Morgan fingerprint density at radius 2 is 2.42 bits per heavy atom. The Balaban J connectivity index is 2.79. The van der Waals surface area contributed by atoms with Crippen LogP contribution in [0.2, 0.25) is 0 Å². The fraction of sp³-hybridized carbons (Fsp3) is 0.500. The molecule has 0 aliphatic rings. The Morgan fingerprint density at radius 1 is 1.67 bits per heavy atom. The molecule has 0 amide bonds. The van der Waals surface area contributed by atoms with Crippen LogP contribution in [0.15, 0.2) is 12.3 Å². The minimum Gasteiger partial charge on any atom is -0.477 e. The molecule has 0 aromatic carbocycles. The lowest BCUT2D eigenvalue weighted by Crippen LogP contribution is -2.12. The van der Waals surface area contributed by atoms with E-state index in [1.807, 2.05) is 13.8 Å². The fourth-order valence-electron chi connectivity index (χ4n) is 0.996. The van der Waals surface area contributed by atoms with Crippen LogP contribution in [0.25, 0.3) is 0 Å². The van der Waals surface area contributed by atoms with E-state index in [-0.39, 0.29) is 5.90 Å². The quantitative estimate of drug-likeness (QED) is 0.544. The Hall–Kier alpha value is -1.32. The van der Waals surface area contributed by atoms with E-state index >= 15 is 0 Å². The highest BCUT2D eigenvalue weighted by Crippen LogP contribution is 2.00. The molecule has 0 aliphatic heterocycles. The largest absolute Gasteiger partial charge is 0.477 e. The molecule has 4 heteroatoms. The average Bonchev–Trinajstić information content (AvgIpc) is 2.51. The number of nitrogens with zero attached hydrogens (tertiary/aromatic N) is 2. The van der Waals surface area contributed by atoms with Gasteiger partial charge in [0.2, 0.25) is 5.90 Å². The lowest BCUT2D eigenvalue weighted by molar-refractivity contribution is 0.322. The van der Waals surface area contributed by atoms with Crippen molar-refractivity contribution in [1.29, 1.82) is 5.41 Å². The van der Waals surface area contributed by atoms with E-state index in [1.54, 1.807) is 16.9 Å². The van der Waals surface area contributed by atoms with Crippen LogP contribution in [0.5, 0.6) is 0 Å². The fourth-order valence-corrected chi connectivity index (χ4v) is 0.996. The van der Waals surface area contributed by atoms with Gasteiger partial charge in [-0.1, -0.05) is 0 Å². The minimum atomic E-state index is 0.192. The van der Waals surface area contributed by atoms with Gasteiger partial charge in [-0.15, -0.1) is 0 Å². The van der Waals surface area contributed by atoms with Crippen molar-refractivity contribution in [3.8, 4) is 0 Å². The number of nitrogens with one attached hydrogen (secondary N) is 1. The van der Waals surface area contributed by atoms with E-state index in [2.05, 4.69) is 5.10 Å². The van der Waals surface area contributed by atoms with Crippen molar-refractivity contribution in [2.75, 3.05) is 6.61 Å². The molecule has 0 spiro atoms. The van der Waals surface area contributed by atoms with Gasteiger partial charge in [0.25, 0.3) is 0 Å². The molecule has 1 aromatic heterocycles. The SMILES string of the molecule is CCOC(=N)c1ccnn1CC. The molecule has 4 nitrogen and oxygen atoms in total. The molecule has 1 heterocycles. The summed E-state index contributed by atoms with van der Waals surface area (Å²) in [4.78, 5) is 0. The molecule has 66 valence electrons. The molecule has 0 bridgehead atoms. The van der Waals surface area contributed by atoms with E-state index in [9.17, 15) is 0 Å². The van der Waals surface area contributed by atoms with Gasteiger partial charge in [-0.2, -0.15) is 5.10 Å². The molecule has 0 fully saturated rings. The van der Waals surface area contributed by atoms with Crippen molar-refractivity contribution >= 4 is 5.90 Å². The van der Waals surface area contributed by atoms with Crippen molar-refractivity contribution < 1.29 is 4.74 Å². The monoisotopic (exact) mass is 167 g/mol. The van der Waals surface area contributed by atoms with Crippen LogP contribution in [-0.4, -0.2) is 22.3 Å². The van der Waals surface area contributed by atoms with E-state index in [1.165, 1.54) is 0 Å². The van der Waals surface area contributed by atoms with Gasteiger partial charge in [0.1, 0.15) is 5.69 Å². The number of aryl methyl sites for hydroxylation is 1. The summed E-state index contributed by atoms with van der Waals surface area (Å²) in [5.41, 5.74) is 0.736. The van der Waals surface area contributed by atoms with Gasteiger partial charge in [-0.05, 0) is 19.9 Å². The summed E-state index contributed by atoms with van der Waals surface area (Å²) in [6, 6.07) is 1.78. The molecule has 1 rings (SSSR count). The van der Waals surface area contributed by atoms with Crippen molar-refractivity contribution in [2.24, 2.45) is 0 Å². The number of aromatic nitrogens is 2. The van der Waals surface area contributed by atoms with Gasteiger partial charge < -0.3 is 4.74 Å². The summed E-state index contributed by atoms with van der Waals surface area (Å²) < 4.78 is 6.79. The maximum atomic E-state index is 7.51. The van der Waals surface area contributed by atoms with Crippen molar-refractivity contribution in [3.05, 3.63) is 18.0 Å². The molecule has 0 aliphatic carbocycles. The highest BCUT2D eigenvalue weighted by atomic mass is 16.5. The van der Waals surface area contributed by atoms with Gasteiger partial charge in [-0.3, -0.25) is 10.1 Å². The average molecular weight is 167 g/mol. The first-order valence-electron chi connectivity index (χ1n) is 4.03. The summed E-state index contributed by atoms with van der Waals surface area (Å²) in [7, 11) is 0. The van der Waals surface area contributed by atoms with Crippen LogP contribution in [0, 0.1) is 5.41 Å². The normalized spacial score (nSPS) is 9.83. The van der Waals surface area contributed by atoms with Crippen LogP contribution in [0.4, 0.5) is 0 Å². The predicted octanol–water partition coefficient (Wildman–Crippen LogP) is 1.26. The smallest absolute Gasteiger partial charge is 0.232 e. The van der Waals surface area contributed by atoms with E-state index in [4.69, 9.17) is 10.1 Å². The zero-order valence-electron chi connectivity index (χ0n) is 7.37. The molecular weight excluding hydrogens is 154 g/mol. The first kappa shape index (κ1) is 8.77. The Bertz CT molecular complexity index is 267. The molecule has 0 atom stereocenters. The van der Waals surface area contributed by atoms with Crippen molar-refractivity contribution in [1.82, 2.24) is 9.78 Å². The Kier molecular flexibility index (Phi) is 2.85. The van der Waals surface area contributed by atoms with Gasteiger partial charge >= 0.3 is 0 Å². The Morgan fingerprint density at radius 3 is 3.00 bits per heavy atom. The van der Waals surface area contributed by atoms with Crippen LogP contribution in [0.3, 0.4) is 0 Å². The van der Waals surface area contributed by atoms with Crippen LogP contribution < -0.4 is 0 Å². The van der Waals surface area contributed by atoms with Gasteiger partial charge in [0.15, 0.2) is 0 Å². The van der Waals surface area contributed by atoms with E-state index in [0.717, 1.165) is 12.2 Å². The van der Waals surface area contributed by atoms with Crippen LogP contribution >= 0.6 is 0 Å². The number of hydrogen-bond acceptors (Lipinski definition) is 3. The molecule has 0 radical (unpaired) electrons. The second kappa shape index (κ2) is 3.90. The number of ether oxygens (including phenoxy) is 1. The lowest BCUT2D eigenvalue weighted by Gasteiger charge is -2.05. The van der Waals surface area contributed by atoms with Gasteiger partial charge in [-0.25, -0.2) is 0 Å². The summed E-state index contributed by atoms with van der Waals surface area (Å²) in [5, 5.41) is 11.5. The maximum absolute atomic E-state index is 7.51. The van der Waals surface area contributed by atoms with E-state index in [0.29, 0.717) is 6.61 Å². The summed E-state index contributed by atoms with van der Waals surface area (Å²) in [6.45, 7) is 5.13.